The highest BCUT2D eigenvalue weighted by Gasteiger charge is 2.25. The summed E-state index contributed by atoms with van der Waals surface area (Å²) in [5, 5.41) is 2.60. The van der Waals surface area contributed by atoms with Crippen molar-refractivity contribution in [3.8, 4) is 0 Å². The molecule has 1 rings (SSSR count). The molecule has 6 nitrogen and oxygen atoms in total. The first-order valence-electron chi connectivity index (χ1n) is 5.58. The molecule has 0 saturated carbocycles. The Balaban J connectivity index is 2.69. The Labute approximate surface area is 116 Å². The van der Waals surface area contributed by atoms with Gasteiger partial charge in [0, 0.05) is 18.3 Å². The van der Waals surface area contributed by atoms with Gasteiger partial charge in [-0.05, 0) is 26.0 Å². The lowest BCUT2D eigenvalue weighted by Gasteiger charge is -2.20. The van der Waals surface area contributed by atoms with E-state index in [1.807, 2.05) is 0 Å². The van der Waals surface area contributed by atoms with Gasteiger partial charge in [0.05, 0.1) is 5.41 Å². The van der Waals surface area contributed by atoms with Crippen molar-refractivity contribution >= 4 is 29.0 Å². The minimum atomic E-state index is -0.811. The smallest absolute Gasteiger partial charge is 0.269 e. The Kier molecular flexibility index (Phi) is 4.55. The van der Waals surface area contributed by atoms with Gasteiger partial charge in [-0.15, -0.1) is 0 Å². The molecule has 102 valence electrons. The van der Waals surface area contributed by atoms with E-state index in [1.165, 1.54) is 12.3 Å². The summed E-state index contributed by atoms with van der Waals surface area (Å²) < 4.78 is 0. The van der Waals surface area contributed by atoms with Gasteiger partial charge in [-0.1, -0.05) is 12.2 Å². The van der Waals surface area contributed by atoms with Crippen LogP contribution in [0.15, 0.2) is 18.3 Å². The molecular formula is C12H16N4O2S. The first kappa shape index (κ1) is 15.0. The van der Waals surface area contributed by atoms with Gasteiger partial charge in [-0.3, -0.25) is 14.6 Å². The van der Waals surface area contributed by atoms with Crippen molar-refractivity contribution in [2.24, 2.45) is 16.9 Å². The number of thiocarbonyl (C=S) groups is 1. The topological polar surface area (TPSA) is 111 Å². The van der Waals surface area contributed by atoms with Crippen molar-refractivity contribution in [3.05, 3.63) is 29.6 Å². The number of carbonyl (C=O) groups excluding carboxylic acids is 2. The van der Waals surface area contributed by atoms with E-state index in [0.717, 1.165) is 0 Å². The van der Waals surface area contributed by atoms with E-state index in [4.69, 9.17) is 23.7 Å². The van der Waals surface area contributed by atoms with Crippen molar-refractivity contribution in [3.63, 3.8) is 0 Å². The van der Waals surface area contributed by atoms with E-state index in [2.05, 4.69) is 10.3 Å². The molecule has 0 aliphatic carbocycles. The molecule has 0 spiro atoms. The van der Waals surface area contributed by atoms with Crippen LogP contribution in [0.2, 0.25) is 0 Å². The van der Waals surface area contributed by atoms with Crippen LogP contribution in [0.1, 0.15) is 29.9 Å². The largest absolute Gasteiger partial charge is 0.389 e. The summed E-state index contributed by atoms with van der Waals surface area (Å²) in [5.41, 5.74) is 10.6. The molecule has 0 saturated heterocycles. The number of primary amides is 1. The second-order valence-electron chi connectivity index (χ2n) is 4.73. The maximum atomic E-state index is 11.8. The number of hydrogen-bond donors (Lipinski definition) is 3. The Morgan fingerprint density at radius 1 is 1.37 bits per heavy atom. The molecule has 7 heteroatoms. The number of amides is 2. The van der Waals surface area contributed by atoms with Crippen LogP contribution in [0.3, 0.4) is 0 Å². The lowest BCUT2D eigenvalue weighted by molar-refractivity contribution is -0.125. The van der Waals surface area contributed by atoms with Gasteiger partial charge < -0.3 is 16.8 Å². The first-order chi connectivity index (χ1) is 8.74. The molecule has 0 atom stereocenters. The van der Waals surface area contributed by atoms with Gasteiger partial charge in [0.25, 0.3) is 5.91 Å². The molecule has 1 aromatic heterocycles. The van der Waals surface area contributed by atoms with Crippen LogP contribution in [0, 0.1) is 5.41 Å². The molecule has 0 fully saturated rings. The summed E-state index contributed by atoms with van der Waals surface area (Å²) in [7, 11) is 0. The summed E-state index contributed by atoms with van der Waals surface area (Å²) in [5.74, 6) is -0.867. The molecule has 0 radical (unpaired) electrons. The molecule has 0 aliphatic heterocycles. The van der Waals surface area contributed by atoms with Crippen LogP contribution < -0.4 is 16.8 Å². The van der Waals surface area contributed by atoms with Gasteiger partial charge in [-0.25, -0.2) is 0 Å². The van der Waals surface area contributed by atoms with Crippen LogP contribution in [-0.2, 0) is 4.79 Å². The summed E-state index contributed by atoms with van der Waals surface area (Å²) in [4.78, 5) is 27.1. The first-order valence-corrected chi connectivity index (χ1v) is 5.99. The van der Waals surface area contributed by atoms with Crippen molar-refractivity contribution in [1.82, 2.24) is 10.3 Å². The normalized spacial score (nSPS) is 10.8. The fourth-order valence-corrected chi connectivity index (χ4v) is 1.27. The van der Waals surface area contributed by atoms with Gasteiger partial charge in [0.1, 0.15) is 10.7 Å². The van der Waals surface area contributed by atoms with Crippen molar-refractivity contribution < 1.29 is 9.59 Å². The molecular weight excluding hydrogens is 264 g/mol. The Bertz CT molecular complexity index is 511. The third-order valence-electron chi connectivity index (χ3n) is 2.64. The third-order valence-corrected chi connectivity index (χ3v) is 2.87. The van der Waals surface area contributed by atoms with E-state index < -0.39 is 11.3 Å². The monoisotopic (exact) mass is 280 g/mol. The van der Waals surface area contributed by atoms with E-state index in [0.29, 0.717) is 5.56 Å². The second kappa shape index (κ2) is 5.75. The molecule has 0 aliphatic rings. The highest BCUT2D eigenvalue weighted by molar-refractivity contribution is 7.80. The molecule has 0 unspecified atom stereocenters. The molecule has 1 heterocycles. The van der Waals surface area contributed by atoms with Crippen LogP contribution in [0.5, 0.6) is 0 Å². The maximum Gasteiger partial charge on any atom is 0.269 e. The van der Waals surface area contributed by atoms with E-state index in [1.54, 1.807) is 19.9 Å². The zero-order valence-corrected chi connectivity index (χ0v) is 11.6. The number of nitrogens with one attached hydrogen (secondary N) is 1. The predicted molar refractivity (Wildman–Crippen MR) is 75.4 cm³/mol. The van der Waals surface area contributed by atoms with Gasteiger partial charge in [-0.2, -0.15) is 0 Å². The summed E-state index contributed by atoms with van der Waals surface area (Å²) in [6.45, 7) is 3.44. The van der Waals surface area contributed by atoms with E-state index in [-0.39, 0.29) is 23.1 Å². The molecule has 19 heavy (non-hydrogen) atoms. The second-order valence-corrected chi connectivity index (χ2v) is 5.17. The maximum absolute atomic E-state index is 11.8. The van der Waals surface area contributed by atoms with Gasteiger partial charge in [0.2, 0.25) is 5.91 Å². The number of nitrogens with zero attached hydrogens (tertiary/aromatic N) is 1. The summed E-state index contributed by atoms with van der Waals surface area (Å²) >= 11 is 4.79. The number of pyridine rings is 1. The fourth-order valence-electron chi connectivity index (χ4n) is 1.15. The predicted octanol–water partition coefficient (Wildman–Crippen LogP) is -0.0429. The van der Waals surface area contributed by atoms with Crippen LogP contribution in [0.4, 0.5) is 0 Å². The molecule has 0 aromatic carbocycles. The third kappa shape index (κ3) is 3.99. The van der Waals surface area contributed by atoms with E-state index >= 15 is 0 Å². The van der Waals surface area contributed by atoms with Crippen molar-refractivity contribution in [2.75, 3.05) is 6.54 Å². The molecule has 0 bridgehead atoms. The number of rotatable bonds is 5. The van der Waals surface area contributed by atoms with Crippen molar-refractivity contribution in [1.29, 1.82) is 0 Å². The highest BCUT2D eigenvalue weighted by atomic mass is 32.1. The van der Waals surface area contributed by atoms with Crippen LogP contribution in [0.25, 0.3) is 0 Å². The number of nitrogens with two attached hydrogens (primary N) is 2. The van der Waals surface area contributed by atoms with Crippen molar-refractivity contribution in [2.45, 2.75) is 13.8 Å². The standard InChI is InChI=1S/C12H16N4O2S/c1-12(2,11(14)18)6-16-10(17)8-4-3-7(5-15-8)9(13)19/h3-5H,6H2,1-2H3,(H2,13,19)(H2,14,18)(H,16,17). The van der Waals surface area contributed by atoms with Gasteiger partial charge >= 0.3 is 0 Å². The zero-order chi connectivity index (χ0) is 14.6. The van der Waals surface area contributed by atoms with E-state index in [9.17, 15) is 9.59 Å². The zero-order valence-electron chi connectivity index (χ0n) is 10.8. The highest BCUT2D eigenvalue weighted by Crippen LogP contribution is 2.12. The summed E-state index contributed by atoms with van der Waals surface area (Å²) in [6.07, 6.45) is 1.43. The lowest BCUT2D eigenvalue weighted by atomic mass is 9.93. The molecule has 2 amide bonds. The Hall–Kier alpha value is -2.02. The fraction of sp³-hybridized carbons (Fsp3) is 0.333. The minimum absolute atomic E-state index is 0.139. The lowest BCUT2D eigenvalue weighted by Crippen LogP contribution is -2.42. The number of aromatic nitrogens is 1. The van der Waals surface area contributed by atoms with Crippen LogP contribution in [-0.4, -0.2) is 28.3 Å². The average molecular weight is 280 g/mol. The molecule has 5 N–H and O–H groups in total. The quantitative estimate of drug-likeness (QED) is 0.655. The minimum Gasteiger partial charge on any atom is -0.389 e. The SMILES string of the molecule is CC(C)(CNC(=O)c1ccc(C(N)=S)cn1)C(N)=O. The van der Waals surface area contributed by atoms with Crippen LogP contribution >= 0.6 is 12.2 Å². The molecule has 1 aromatic rings. The van der Waals surface area contributed by atoms with Gasteiger partial charge in [0.15, 0.2) is 0 Å². The number of hydrogen-bond acceptors (Lipinski definition) is 4. The number of carbonyl (C=O) groups is 2. The Morgan fingerprint density at radius 3 is 2.42 bits per heavy atom. The Morgan fingerprint density at radius 2 is 2.00 bits per heavy atom. The average Bonchev–Trinajstić information content (AvgIpc) is 2.36. The summed E-state index contributed by atoms with van der Waals surface area (Å²) in [6, 6.07) is 3.13.